The molecule has 0 aliphatic heterocycles. The lowest BCUT2D eigenvalue weighted by atomic mass is 11.9. The molecule has 1 nitrogen and oxygen atoms in total. The highest BCUT2D eigenvalue weighted by Crippen LogP contribution is 2.12. The number of rotatable bonds is 1. The molecule has 1 atom stereocenters. The summed E-state index contributed by atoms with van der Waals surface area (Å²) in [6, 6.07) is 0. The molecule has 0 radical (unpaired) electrons. The maximum Gasteiger partial charge on any atom is 0.0824 e. The van der Waals surface area contributed by atoms with E-state index in [2.05, 4.69) is 12.6 Å². The van der Waals surface area contributed by atoms with Gasteiger partial charge in [-0.1, -0.05) is 0 Å². The third kappa shape index (κ3) is 4.58. The van der Waals surface area contributed by atoms with Crippen molar-refractivity contribution in [2.24, 2.45) is 0 Å². The summed E-state index contributed by atoms with van der Waals surface area (Å²) in [4.78, 5) is 0. The van der Waals surface area contributed by atoms with Crippen LogP contribution >= 0.6 is 20.4 Å². The van der Waals surface area contributed by atoms with Gasteiger partial charge in [0.1, 0.15) is 0 Å². The van der Waals surface area contributed by atoms with Crippen molar-refractivity contribution in [3.05, 3.63) is 0 Å². The molecule has 0 aliphatic carbocycles. The lowest BCUT2D eigenvalue weighted by molar-refractivity contribution is 0.594. The first-order valence-corrected chi connectivity index (χ1v) is 4.12. The molecule has 3 heteroatoms. The molecular weight excluding hydrogens is 103 g/mol. The van der Waals surface area contributed by atoms with E-state index in [9.17, 15) is 4.57 Å². The van der Waals surface area contributed by atoms with Crippen LogP contribution in [0.2, 0.25) is 0 Å². The van der Waals surface area contributed by atoms with Crippen LogP contribution in [-0.4, -0.2) is 12.2 Å². The van der Waals surface area contributed by atoms with Crippen LogP contribution in [-0.2, 0) is 4.57 Å². The predicted octanol–water partition coefficient (Wildman–Crippen LogP) is 1.06. The van der Waals surface area contributed by atoms with Crippen LogP contribution in [0, 0.1) is 0 Å². The van der Waals surface area contributed by atoms with Gasteiger partial charge in [0.15, 0.2) is 0 Å². The van der Waals surface area contributed by atoms with Crippen molar-refractivity contribution in [3.63, 3.8) is 0 Å². The van der Waals surface area contributed by atoms with Crippen LogP contribution in [0.3, 0.4) is 0 Å². The molecule has 5 heavy (non-hydrogen) atoms. The van der Waals surface area contributed by atoms with E-state index in [0.717, 1.165) is 0 Å². The van der Waals surface area contributed by atoms with Crippen LogP contribution in [0.1, 0.15) is 0 Å². The van der Waals surface area contributed by atoms with Gasteiger partial charge in [-0.15, -0.1) is 0 Å². The van der Waals surface area contributed by atoms with Gasteiger partial charge in [-0.05, 0) is 6.66 Å². The molecule has 1 unspecified atom stereocenters. The minimum Gasteiger partial charge on any atom is -0.326 e. The highest BCUT2D eigenvalue weighted by molar-refractivity contribution is 7.87. The summed E-state index contributed by atoms with van der Waals surface area (Å²) in [5.41, 5.74) is 0.546. The molecule has 32 valence electrons. The maximum atomic E-state index is 9.92. The van der Waals surface area contributed by atoms with E-state index < -0.39 is 7.80 Å². The maximum absolute atomic E-state index is 9.92. The molecule has 0 amide bonds. The summed E-state index contributed by atoms with van der Waals surface area (Å²) in [7, 11) is -1.26. The van der Waals surface area contributed by atoms with Gasteiger partial charge in [0.2, 0.25) is 0 Å². The van der Waals surface area contributed by atoms with Gasteiger partial charge in [0.05, 0.1) is 7.80 Å². The molecule has 0 aromatic rings. The fourth-order valence-corrected chi connectivity index (χ4v) is 0. The van der Waals surface area contributed by atoms with E-state index in [0.29, 0.717) is 5.49 Å². The molecule has 0 aromatic heterocycles. The average Bonchev–Trinajstić information content (AvgIpc) is 1.38. The third-order valence-corrected chi connectivity index (χ3v) is 2.00. The van der Waals surface area contributed by atoms with Gasteiger partial charge < -0.3 is 4.57 Å². The first kappa shape index (κ1) is 5.58. The Hall–Kier alpha value is 0.580. The van der Waals surface area contributed by atoms with Crippen molar-refractivity contribution in [1.82, 2.24) is 0 Å². The Morgan fingerprint density at radius 1 is 2.00 bits per heavy atom. The minimum absolute atomic E-state index is 0.546. The zero-order valence-corrected chi connectivity index (χ0v) is 4.96. The zero-order valence-electron chi connectivity index (χ0n) is 3.06. The largest absolute Gasteiger partial charge is 0.326 e. The summed E-state index contributed by atoms with van der Waals surface area (Å²) in [5.74, 6) is 0. The second-order valence-corrected chi connectivity index (χ2v) is 3.53. The number of thiol groups is 1. The second kappa shape index (κ2) is 2.80. The van der Waals surface area contributed by atoms with Crippen molar-refractivity contribution >= 4 is 20.4 Å². The average molecular weight is 110 g/mol. The molecule has 0 fully saturated rings. The number of hydrogen-bond acceptors (Lipinski definition) is 2. The SMILES string of the molecule is C[PH](=O)CS. The van der Waals surface area contributed by atoms with Crippen molar-refractivity contribution < 1.29 is 4.57 Å². The predicted molar refractivity (Wildman–Crippen MR) is 28.8 cm³/mol. The Morgan fingerprint density at radius 2 is 2.20 bits per heavy atom. The first-order chi connectivity index (χ1) is 2.27. The second-order valence-electron chi connectivity index (χ2n) is 0.860. The van der Waals surface area contributed by atoms with Crippen molar-refractivity contribution in [1.29, 1.82) is 0 Å². The third-order valence-electron chi connectivity index (χ3n) is 0.223. The smallest absolute Gasteiger partial charge is 0.0824 e. The Bertz CT molecular complexity index is 44.9. The van der Waals surface area contributed by atoms with Crippen LogP contribution in [0.15, 0.2) is 0 Å². The van der Waals surface area contributed by atoms with E-state index in [-0.39, 0.29) is 0 Å². The van der Waals surface area contributed by atoms with Gasteiger partial charge in [-0.2, -0.15) is 12.6 Å². The fraction of sp³-hybridized carbons (Fsp3) is 1.00. The van der Waals surface area contributed by atoms with Crippen molar-refractivity contribution in [3.8, 4) is 0 Å². The molecule has 0 rings (SSSR count). The summed E-state index contributed by atoms with van der Waals surface area (Å²) < 4.78 is 9.92. The Balaban J connectivity index is 2.85. The minimum atomic E-state index is -1.26. The zero-order chi connectivity index (χ0) is 4.28. The highest BCUT2D eigenvalue weighted by Gasteiger charge is 1.74. The number of hydrogen-bond donors (Lipinski definition) is 1. The molecule has 0 saturated carbocycles. The molecule has 0 aliphatic rings. The highest BCUT2D eigenvalue weighted by atomic mass is 32.1. The van der Waals surface area contributed by atoms with Crippen molar-refractivity contribution in [2.45, 2.75) is 0 Å². The van der Waals surface area contributed by atoms with Crippen LogP contribution in [0.4, 0.5) is 0 Å². The molecule has 0 N–H and O–H groups in total. The Morgan fingerprint density at radius 3 is 2.20 bits per heavy atom. The molecule has 0 saturated heterocycles. The van der Waals surface area contributed by atoms with Crippen LogP contribution < -0.4 is 0 Å². The van der Waals surface area contributed by atoms with Gasteiger partial charge >= 0.3 is 0 Å². The molecular formula is C2H7OPS. The van der Waals surface area contributed by atoms with E-state index >= 15 is 0 Å². The molecule has 0 bridgehead atoms. The topological polar surface area (TPSA) is 17.1 Å². The van der Waals surface area contributed by atoms with Gasteiger partial charge in [0.25, 0.3) is 0 Å². The van der Waals surface area contributed by atoms with Gasteiger partial charge in [0, 0.05) is 5.49 Å². The molecule has 0 heterocycles. The summed E-state index contributed by atoms with van der Waals surface area (Å²) in [6.07, 6.45) is 0. The monoisotopic (exact) mass is 110 g/mol. The van der Waals surface area contributed by atoms with Crippen LogP contribution in [0.5, 0.6) is 0 Å². The summed E-state index contributed by atoms with van der Waals surface area (Å²) in [5, 5.41) is 0. The quantitative estimate of drug-likeness (QED) is 0.394. The Labute approximate surface area is 38.0 Å². The first-order valence-electron chi connectivity index (χ1n) is 1.37. The van der Waals surface area contributed by atoms with E-state index in [4.69, 9.17) is 0 Å². The summed E-state index contributed by atoms with van der Waals surface area (Å²) in [6.45, 7) is 1.69. The van der Waals surface area contributed by atoms with Crippen molar-refractivity contribution in [2.75, 3.05) is 12.2 Å². The molecule has 0 aromatic carbocycles. The van der Waals surface area contributed by atoms with Crippen LogP contribution in [0.25, 0.3) is 0 Å². The van der Waals surface area contributed by atoms with E-state index in [1.807, 2.05) is 0 Å². The lowest BCUT2D eigenvalue weighted by Crippen LogP contribution is -1.49. The van der Waals surface area contributed by atoms with Gasteiger partial charge in [-0.25, -0.2) is 0 Å². The standard InChI is InChI=1S/C2H7OPS/c1-4(3)2-5/h4-5H,2H2,1H3. The molecule has 0 spiro atoms. The normalized spacial score (nSPS) is 14.8. The fourth-order valence-electron chi connectivity index (χ4n) is 0. The van der Waals surface area contributed by atoms with E-state index in [1.165, 1.54) is 0 Å². The summed E-state index contributed by atoms with van der Waals surface area (Å²) >= 11 is 3.75. The lowest BCUT2D eigenvalue weighted by Gasteiger charge is -1.73. The van der Waals surface area contributed by atoms with E-state index in [1.54, 1.807) is 6.66 Å². The Kier molecular flexibility index (Phi) is 3.12. The van der Waals surface area contributed by atoms with Gasteiger partial charge in [-0.3, -0.25) is 0 Å².